The fraction of sp³-hybridized carbons (Fsp3) is 0.600. The Kier molecular flexibility index (Phi) is 4.10. The van der Waals surface area contributed by atoms with E-state index in [4.69, 9.17) is 9.47 Å². The van der Waals surface area contributed by atoms with Crippen LogP contribution in [0.25, 0.3) is 0 Å². The molecule has 0 bridgehead atoms. The van der Waals surface area contributed by atoms with Crippen molar-refractivity contribution in [1.82, 2.24) is 5.32 Å². The minimum atomic E-state index is 0.263. The van der Waals surface area contributed by atoms with E-state index >= 15 is 0 Å². The molecule has 104 valence electrons. The molecule has 1 N–H and O–H groups in total. The maximum atomic E-state index is 6.23. The summed E-state index contributed by atoms with van der Waals surface area (Å²) in [4.78, 5) is 0. The molecule has 2 aliphatic rings. The van der Waals surface area contributed by atoms with Gasteiger partial charge < -0.3 is 14.8 Å². The van der Waals surface area contributed by atoms with Crippen LogP contribution in [0.1, 0.15) is 30.9 Å². The summed E-state index contributed by atoms with van der Waals surface area (Å²) in [5, 5.41) is 3.41. The number of rotatable bonds is 2. The first kappa shape index (κ1) is 13.4. The van der Waals surface area contributed by atoms with Crippen LogP contribution in [-0.2, 0) is 4.74 Å². The molecular weight excluding hydrogens is 306 g/mol. The van der Waals surface area contributed by atoms with Gasteiger partial charge in [0.25, 0.3) is 0 Å². The Hall–Kier alpha value is -0.580. The molecule has 2 heterocycles. The van der Waals surface area contributed by atoms with Gasteiger partial charge in [0, 0.05) is 35.0 Å². The Morgan fingerprint density at radius 2 is 2.26 bits per heavy atom. The largest absolute Gasteiger partial charge is 0.490 e. The molecule has 1 saturated heterocycles. The monoisotopic (exact) mass is 325 g/mol. The van der Waals surface area contributed by atoms with Crippen LogP contribution in [0.2, 0.25) is 0 Å². The van der Waals surface area contributed by atoms with Crippen molar-refractivity contribution in [3.8, 4) is 5.75 Å². The van der Waals surface area contributed by atoms with Crippen molar-refractivity contribution in [1.29, 1.82) is 0 Å². The first-order valence-electron chi connectivity index (χ1n) is 6.99. The summed E-state index contributed by atoms with van der Waals surface area (Å²) in [6.07, 6.45) is 3.66. The summed E-state index contributed by atoms with van der Waals surface area (Å²) < 4.78 is 12.9. The van der Waals surface area contributed by atoms with Gasteiger partial charge in [0.05, 0.1) is 6.61 Å². The quantitative estimate of drug-likeness (QED) is 0.905. The number of benzene rings is 1. The molecule has 0 spiro atoms. The fourth-order valence-corrected chi connectivity index (χ4v) is 3.43. The highest BCUT2D eigenvalue weighted by Crippen LogP contribution is 2.39. The highest BCUT2D eigenvalue weighted by atomic mass is 79.9. The SMILES string of the molecule is CNC1CC(C2CCCOC2)Oc2cc(Br)ccc21. The maximum Gasteiger partial charge on any atom is 0.125 e. The Bertz CT molecular complexity index is 446. The number of hydrogen-bond donors (Lipinski definition) is 1. The van der Waals surface area contributed by atoms with Crippen molar-refractivity contribution in [3.05, 3.63) is 28.2 Å². The molecule has 3 unspecified atom stereocenters. The maximum absolute atomic E-state index is 6.23. The summed E-state index contributed by atoms with van der Waals surface area (Å²) >= 11 is 3.52. The number of fused-ring (bicyclic) bond motifs is 1. The minimum absolute atomic E-state index is 0.263. The van der Waals surface area contributed by atoms with Gasteiger partial charge in [-0.15, -0.1) is 0 Å². The highest BCUT2D eigenvalue weighted by Gasteiger charge is 2.33. The fourth-order valence-electron chi connectivity index (χ4n) is 3.09. The number of nitrogens with one attached hydrogen (secondary N) is 1. The molecule has 19 heavy (non-hydrogen) atoms. The molecule has 3 nitrogen and oxygen atoms in total. The van der Waals surface area contributed by atoms with Crippen LogP contribution in [0.4, 0.5) is 0 Å². The Morgan fingerprint density at radius 1 is 1.37 bits per heavy atom. The van der Waals surface area contributed by atoms with Crippen molar-refractivity contribution in [2.75, 3.05) is 20.3 Å². The van der Waals surface area contributed by atoms with Crippen LogP contribution < -0.4 is 10.1 Å². The van der Waals surface area contributed by atoms with Crippen LogP contribution in [0.3, 0.4) is 0 Å². The lowest BCUT2D eigenvalue weighted by Gasteiger charge is -2.37. The second kappa shape index (κ2) is 5.81. The van der Waals surface area contributed by atoms with Gasteiger partial charge in [0.1, 0.15) is 11.9 Å². The summed E-state index contributed by atoms with van der Waals surface area (Å²) in [6.45, 7) is 1.74. The predicted octanol–water partition coefficient (Wildman–Crippen LogP) is 3.29. The molecule has 2 aliphatic heterocycles. The van der Waals surface area contributed by atoms with Gasteiger partial charge in [-0.1, -0.05) is 22.0 Å². The lowest BCUT2D eigenvalue weighted by Crippen LogP contribution is -2.39. The van der Waals surface area contributed by atoms with Crippen molar-refractivity contribution < 1.29 is 9.47 Å². The molecule has 3 rings (SSSR count). The molecule has 0 radical (unpaired) electrons. The average molecular weight is 326 g/mol. The number of ether oxygens (including phenoxy) is 2. The molecule has 1 aromatic carbocycles. The van der Waals surface area contributed by atoms with Gasteiger partial charge in [-0.2, -0.15) is 0 Å². The minimum Gasteiger partial charge on any atom is -0.490 e. The van der Waals surface area contributed by atoms with E-state index in [9.17, 15) is 0 Å². The standard InChI is InChI=1S/C15H20BrNO2/c1-17-13-8-14(10-3-2-6-18-9-10)19-15-7-11(16)4-5-12(13)15/h4-5,7,10,13-14,17H,2-3,6,8-9H2,1H3. The van der Waals surface area contributed by atoms with E-state index in [1.165, 1.54) is 12.0 Å². The van der Waals surface area contributed by atoms with Gasteiger partial charge in [-0.25, -0.2) is 0 Å². The topological polar surface area (TPSA) is 30.5 Å². The zero-order valence-corrected chi connectivity index (χ0v) is 12.8. The van der Waals surface area contributed by atoms with Crippen LogP contribution >= 0.6 is 15.9 Å². The van der Waals surface area contributed by atoms with Crippen molar-refractivity contribution >= 4 is 15.9 Å². The second-order valence-corrected chi connectivity index (χ2v) is 6.31. The normalized spacial score (nSPS) is 30.5. The lowest BCUT2D eigenvalue weighted by molar-refractivity contribution is -0.0107. The van der Waals surface area contributed by atoms with Crippen molar-refractivity contribution in [2.45, 2.75) is 31.4 Å². The first-order valence-corrected chi connectivity index (χ1v) is 7.78. The second-order valence-electron chi connectivity index (χ2n) is 5.39. The van der Waals surface area contributed by atoms with Gasteiger partial charge in [-0.05, 0) is 32.0 Å². The third-order valence-corrected chi connectivity index (χ3v) is 4.66. The first-order chi connectivity index (χ1) is 9.28. The average Bonchev–Trinajstić information content (AvgIpc) is 2.46. The van der Waals surface area contributed by atoms with Gasteiger partial charge in [0.2, 0.25) is 0 Å². The summed E-state index contributed by atoms with van der Waals surface area (Å²) in [6, 6.07) is 6.68. The molecule has 3 atom stereocenters. The van der Waals surface area contributed by atoms with Crippen LogP contribution in [-0.4, -0.2) is 26.4 Å². The van der Waals surface area contributed by atoms with E-state index in [2.05, 4.69) is 39.4 Å². The Balaban J connectivity index is 1.83. The smallest absolute Gasteiger partial charge is 0.125 e. The summed E-state index contributed by atoms with van der Waals surface area (Å²) in [5.74, 6) is 1.53. The summed E-state index contributed by atoms with van der Waals surface area (Å²) in [5.41, 5.74) is 1.26. The van der Waals surface area contributed by atoms with Crippen LogP contribution in [0, 0.1) is 5.92 Å². The molecule has 0 saturated carbocycles. The lowest BCUT2D eigenvalue weighted by atomic mass is 9.87. The third-order valence-electron chi connectivity index (χ3n) is 4.17. The van der Waals surface area contributed by atoms with Crippen molar-refractivity contribution in [2.24, 2.45) is 5.92 Å². The summed E-state index contributed by atoms with van der Waals surface area (Å²) in [7, 11) is 2.02. The molecule has 4 heteroatoms. The van der Waals surface area contributed by atoms with E-state index in [-0.39, 0.29) is 6.10 Å². The van der Waals surface area contributed by atoms with Crippen molar-refractivity contribution in [3.63, 3.8) is 0 Å². The molecule has 1 aromatic rings. The van der Waals surface area contributed by atoms with Gasteiger partial charge >= 0.3 is 0 Å². The molecule has 0 aromatic heterocycles. The van der Waals surface area contributed by atoms with Gasteiger partial charge in [-0.3, -0.25) is 0 Å². The molecule has 1 fully saturated rings. The third kappa shape index (κ3) is 2.81. The zero-order chi connectivity index (χ0) is 13.2. The number of hydrogen-bond acceptors (Lipinski definition) is 3. The van der Waals surface area contributed by atoms with E-state index in [1.54, 1.807) is 0 Å². The highest BCUT2D eigenvalue weighted by molar-refractivity contribution is 9.10. The van der Waals surface area contributed by atoms with Crippen LogP contribution in [0.15, 0.2) is 22.7 Å². The van der Waals surface area contributed by atoms with E-state index in [0.717, 1.165) is 36.3 Å². The van der Waals surface area contributed by atoms with Gasteiger partial charge in [0.15, 0.2) is 0 Å². The zero-order valence-electron chi connectivity index (χ0n) is 11.2. The predicted molar refractivity (Wildman–Crippen MR) is 78.5 cm³/mol. The van der Waals surface area contributed by atoms with E-state index < -0.39 is 0 Å². The number of halogens is 1. The van der Waals surface area contributed by atoms with E-state index in [1.807, 2.05) is 7.05 Å². The van der Waals surface area contributed by atoms with Crippen LogP contribution in [0.5, 0.6) is 5.75 Å². The molecular formula is C15H20BrNO2. The Morgan fingerprint density at radius 3 is 3.00 bits per heavy atom. The Labute approximate surface area is 122 Å². The molecule has 0 aliphatic carbocycles. The molecule has 0 amide bonds. The van der Waals surface area contributed by atoms with E-state index in [0.29, 0.717) is 12.0 Å².